The summed E-state index contributed by atoms with van der Waals surface area (Å²) in [6.45, 7) is 8.11. The van der Waals surface area contributed by atoms with Crippen molar-refractivity contribution in [1.82, 2.24) is 4.98 Å². The SMILES string of the molecule is Cc1ccc(NC(=O)[C@H](C)OC(=O)c2csc(NCCC(C)C)n2)cc1F. The Labute approximate surface area is 162 Å². The predicted octanol–water partition coefficient (Wildman–Crippen LogP) is 4.23. The molecule has 1 aromatic carbocycles. The van der Waals surface area contributed by atoms with Crippen LogP contribution in [-0.4, -0.2) is 29.5 Å². The van der Waals surface area contributed by atoms with Gasteiger partial charge in [0.05, 0.1) is 0 Å². The maximum atomic E-state index is 13.5. The summed E-state index contributed by atoms with van der Waals surface area (Å²) in [6.07, 6.45) is -0.0446. The third-order valence-electron chi connectivity index (χ3n) is 3.80. The zero-order valence-electron chi connectivity index (χ0n) is 15.8. The Bertz CT molecular complexity index is 807. The molecule has 0 aliphatic heterocycles. The van der Waals surface area contributed by atoms with Gasteiger partial charge in [0.1, 0.15) is 5.82 Å². The summed E-state index contributed by atoms with van der Waals surface area (Å²) in [4.78, 5) is 28.5. The molecular weight excluding hydrogens is 369 g/mol. The van der Waals surface area contributed by atoms with Crippen LogP contribution in [0.2, 0.25) is 0 Å². The van der Waals surface area contributed by atoms with Crippen LogP contribution in [0.15, 0.2) is 23.6 Å². The van der Waals surface area contributed by atoms with E-state index in [4.69, 9.17) is 4.74 Å². The van der Waals surface area contributed by atoms with Crippen molar-refractivity contribution in [1.29, 1.82) is 0 Å². The summed E-state index contributed by atoms with van der Waals surface area (Å²) in [7, 11) is 0. The van der Waals surface area contributed by atoms with Crippen molar-refractivity contribution >= 4 is 34.0 Å². The second-order valence-corrected chi connectivity index (χ2v) is 7.51. The molecule has 0 unspecified atom stereocenters. The van der Waals surface area contributed by atoms with Crippen LogP contribution in [0.25, 0.3) is 0 Å². The molecule has 6 nitrogen and oxygen atoms in total. The zero-order valence-corrected chi connectivity index (χ0v) is 16.7. The molecule has 1 atom stereocenters. The molecule has 0 aliphatic carbocycles. The quantitative estimate of drug-likeness (QED) is 0.656. The normalized spacial score (nSPS) is 11.9. The molecule has 2 rings (SSSR count). The van der Waals surface area contributed by atoms with E-state index in [-0.39, 0.29) is 5.69 Å². The number of rotatable bonds is 8. The summed E-state index contributed by atoms with van der Waals surface area (Å²) in [5.41, 5.74) is 0.929. The van der Waals surface area contributed by atoms with Gasteiger partial charge in [0.2, 0.25) is 0 Å². The number of aromatic nitrogens is 1. The minimum Gasteiger partial charge on any atom is -0.448 e. The largest absolute Gasteiger partial charge is 0.448 e. The highest BCUT2D eigenvalue weighted by molar-refractivity contribution is 7.13. The molecule has 0 spiro atoms. The summed E-state index contributed by atoms with van der Waals surface area (Å²) >= 11 is 1.31. The first-order valence-corrected chi connectivity index (χ1v) is 9.61. The lowest BCUT2D eigenvalue weighted by molar-refractivity contribution is -0.123. The number of hydrogen-bond donors (Lipinski definition) is 2. The van der Waals surface area contributed by atoms with Crippen molar-refractivity contribution in [3.8, 4) is 0 Å². The van der Waals surface area contributed by atoms with Gasteiger partial charge >= 0.3 is 5.97 Å². The smallest absolute Gasteiger partial charge is 0.358 e. The first-order chi connectivity index (χ1) is 12.8. The fraction of sp³-hybridized carbons (Fsp3) is 0.421. The first-order valence-electron chi connectivity index (χ1n) is 8.73. The minimum absolute atomic E-state index is 0.146. The molecule has 2 aromatic rings. The van der Waals surface area contributed by atoms with Gasteiger partial charge in [-0.3, -0.25) is 4.79 Å². The number of benzene rings is 1. The number of anilines is 2. The molecule has 0 saturated carbocycles. The Balaban J connectivity index is 1.87. The number of hydrogen-bond acceptors (Lipinski definition) is 6. The Morgan fingerprint density at radius 1 is 1.30 bits per heavy atom. The van der Waals surface area contributed by atoms with E-state index in [0.29, 0.717) is 22.3 Å². The molecule has 8 heteroatoms. The van der Waals surface area contributed by atoms with Gasteiger partial charge in [0.15, 0.2) is 16.9 Å². The second kappa shape index (κ2) is 9.45. The average molecular weight is 393 g/mol. The van der Waals surface area contributed by atoms with Gasteiger partial charge in [-0.2, -0.15) is 0 Å². The van der Waals surface area contributed by atoms with Crippen molar-refractivity contribution in [3.63, 3.8) is 0 Å². The van der Waals surface area contributed by atoms with Crippen molar-refractivity contribution in [3.05, 3.63) is 40.7 Å². The van der Waals surface area contributed by atoms with E-state index in [1.165, 1.54) is 24.3 Å². The molecule has 1 heterocycles. The highest BCUT2D eigenvalue weighted by Gasteiger charge is 2.21. The maximum Gasteiger partial charge on any atom is 0.358 e. The monoisotopic (exact) mass is 393 g/mol. The molecule has 1 amide bonds. The third kappa shape index (κ3) is 6.32. The van der Waals surface area contributed by atoms with Gasteiger partial charge in [0, 0.05) is 17.6 Å². The van der Waals surface area contributed by atoms with Crippen molar-refractivity contribution in [2.75, 3.05) is 17.2 Å². The molecule has 0 aliphatic rings. The Kier molecular flexibility index (Phi) is 7.29. The van der Waals surface area contributed by atoms with Gasteiger partial charge in [-0.05, 0) is 43.9 Å². The predicted molar refractivity (Wildman–Crippen MR) is 105 cm³/mol. The third-order valence-corrected chi connectivity index (χ3v) is 4.60. The number of amides is 1. The van der Waals surface area contributed by atoms with Crippen LogP contribution in [0.1, 0.15) is 43.2 Å². The molecule has 0 saturated heterocycles. The van der Waals surface area contributed by atoms with Crippen LogP contribution in [0.5, 0.6) is 0 Å². The van der Waals surface area contributed by atoms with Crippen LogP contribution in [0, 0.1) is 18.7 Å². The van der Waals surface area contributed by atoms with E-state index in [1.54, 1.807) is 24.4 Å². The number of carbonyl (C=O) groups excluding carboxylic acids is 2. The summed E-state index contributed by atoms with van der Waals surface area (Å²) in [5, 5.41) is 7.90. The van der Waals surface area contributed by atoms with E-state index >= 15 is 0 Å². The number of halogens is 1. The molecule has 1 aromatic heterocycles. The van der Waals surface area contributed by atoms with Gasteiger partial charge < -0.3 is 15.4 Å². The number of carbonyl (C=O) groups is 2. The second-order valence-electron chi connectivity index (χ2n) is 6.65. The number of nitrogens with zero attached hydrogens (tertiary/aromatic N) is 1. The lowest BCUT2D eigenvalue weighted by atomic mass is 10.1. The van der Waals surface area contributed by atoms with Crippen molar-refractivity contribution < 1.29 is 18.7 Å². The lowest BCUT2D eigenvalue weighted by Crippen LogP contribution is -2.30. The number of esters is 1. The molecule has 146 valence electrons. The molecule has 0 fully saturated rings. The van der Waals surface area contributed by atoms with Crippen LogP contribution in [0.3, 0.4) is 0 Å². The van der Waals surface area contributed by atoms with Crippen LogP contribution >= 0.6 is 11.3 Å². The Morgan fingerprint density at radius 2 is 2.04 bits per heavy atom. The van der Waals surface area contributed by atoms with Gasteiger partial charge in [-0.25, -0.2) is 14.2 Å². The van der Waals surface area contributed by atoms with E-state index in [9.17, 15) is 14.0 Å². The fourth-order valence-corrected chi connectivity index (χ4v) is 2.81. The summed E-state index contributed by atoms with van der Waals surface area (Å²) in [6, 6.07) is 4.36. The highest BCUT2D eigenvalue weighted by atomic mass is 32.1. The Hall–Kier alpha value is -2.48. The minimum atomic E-state index is -1.04. The van der Waals surface area contributed by atoms with E-state index in [2.05, 4.69) is 29.5 Å². The van der Waals surface area contributed by atoms with Gasteiger partial charge in [-0.15, -0.1) is 11.3 Å². The van der Waals surface area contributed by atoms with Crippen molar-refractivity contribution in [2.45, 2.75) is 40.2 Å². The molecule has 27 heavy (non-hydrogen) atoms. The number of thiazole rings is 1. The zero-order chi connectivity index (χ0) is 20.0. The lowest BCUT2D eigenvalue weighted by Gasteiger charge is -2.13. The molecule has 0 bridgehead atoms. The average Bonchev–Trinajstić information content (AvgIpc) is 3.06. The highest BCUT2D eigenvalue weighted by Crippen LogP contribution is 2.18. The summed E-state index contributed by atoms with van der Waals surface area (Å²) in [5.74, 6) is -1.07. The van der Waals surface area contributed by atoms with Crippen molar-refractivity contribution in [2.24, 2.45) is 5.92 Å². The molecule has 0 radical (unpaired) electrons. The maximum absolute atomic E-state index is 13.5. The van der Waals surface area contributed by atoms with Crippen LogP contribution in [-0.2, 0) is 9.53 Å². The topological polar surface area (TPSA) is 80.3 Å². The number of aryl methyl sites for hydroxylation is 1. The molecular formula is C19H24FN3O3S. The van der Waals surface area contributed by atoms with E-state index in [0.717, 1.165) is 13.0 Å². The number of ether oxygens (including phenoxy) is 1. The van der Waals surface area contributed by atoms with E-state index in [1.807, 2.05) is 0 Å². The standard InChI is InChI=1S/C19H24FN3O3S/c1-11(2)7-8-21-19-23-16(10-27-19)18(25)26-13(4)17(24)22-14-6-5-12(3)15(20)9-14/h5-6,9-11,13H,7-8H2,1-4H3,(H,21,23)(H,22,24)/t13-/m0/s1. The first kappa shape index (κ1) is 20.8. The van der Waals surface area contributed by atoms with Gasteiger partial charge in [-0.1, -0.05) is 19.9 Å². The Morgan fingerprint density at radius 3 is 2.70 bits per heavy atom. The van der Waals surface area contributed by atoms with E-state index < -0.39 is 23.8 Å². The van der Waals surface area contributed by atoms with Crippen LogP contribution < -0.4 is 10.6 Å². The number of nitrogens with one attached hydrogen (secondary N) is 2. The molecule has 2 N–H and O–H groups in total. The fourth-order valence-electron chi connectivity index (χ4n) is 2.11. The summed E-state index contributed by atoms with van der Waals surface area (Å²) < 4.78 is 18.7. The van der Waals surface area contributed by atoms with Gasteiger partial charge in [0.25, 0.3) is 5.91 Å². The van der Waals surface area contributed by atoms with Crippen LogP contribution in [0.4, 0.5) is 15.2 Å².